The molecule has 0 spiro atoms. The summed E-state index contributed by atoms with van der Waals surface area (Å²) in [5.74, 6) is -0.956. The highest BCUT2D eigenvalue weighted by molar-refractivity contribution is 5.71. The lowest BCUT2D eigenvalue weighted by atomic mass is 10.0. The molecule has 0 N–H and O–H groups in total. The summed E-state index contributed by atoms with van der Waals surface area (Å²) in [6.45, 7) is 6.43. The zero-order valence-electron chi connectivity index (χ0n) is 36.2. The minimum Gasteiger partial charge on any atom is -0.462 e. The lowest BCUT2D eigenvalue weighted by Gasteiger charge is -2.18. The van der Waals surface area contributed by atoms with Crippen molar-refractivity contribution < 1.29 is 28.6 Å². The Kier molecular flexibility index (Phi) is 42.0. The van der Waals surface area contributed by atoms with Crippen LogP contribution in [0, 0.1) is 0 Å². The summed E-state index contributed by atoms with van der Waals surface area (Å²) in [7, 11) is 0. The molecule has 0 rings (SSSR count). The molecule has 0 radical (unpaired) electrons. The number of hydrogen-bond acceptors (Lipinski definition) is 6. The maximum absolute atomic E-state index is 12.7. The van der Waals surface area contributed by atoms with Crippen molar-refractivity contribution in [1.82, 2.24) is 0 Å². The number of carbonyl (C=O) groups is 3. The average Bonchev–Trinajstić information content (AvgIpc) is 3.18. The van der Waals surface area contributed by atoms with E-state index in [2.05, 4.69) is 69.4 Å². The molecule has 0 amide bonds. The van der Waals surface area contributed by atoms with Gasteiger partial charge in [-0.05, 0) is 70.6 Å². The van der Waals surface area contributed by atoms with Gasteiger partial charge in [0.1, 0.15) is 13.2 Å². The van der Waals surface area contributed by atoms with Gasteiger partial charge < -0.3 is 14.2 Å². The molecule has 6 heteroatoms. The fourth-order valence-corrected chi connectivity index (χ4v) is 6.34. The predicted molar refractivity (Wildman–Crippen MR) is 233 cm³/mol. The second kappa shape index (κ2) is 44.1. The van der Waals surface area contributed by atoms with Crippen LogP contribution < -0.4 is 0 Å². The van der Waals surface area contributed by atoms with Crippen LogP contribution in [0.2, 0.25) is 0 Å². The van der Waals surface area contributed by atoms with E-state index >= 15 is 0 Å². The summed E-state index contributed by atoms with van der Waals surface area (Å²) in [6, 6.07) is 0. The Hall–Kier alpha value is -2.63. The van der Waals surface area contributed by atoms with Crippen LogP contribution in [0.3, 0.4) is 0 Å². The van der Waals surface area contributed by atoms with E-state index < -0.39 is 6.10 Å². The number of carbonyl (C=O) groups excluding carboxylic acids is 3. The monoisotopic (exact) mass is 771 g/mol. The molecule has 0 aliphatic carbocycles. The van der Waals surface area contributed by atoms with Crippen molar-refractivity contribution in [3.63, 3.8) is 0 Å². The van der Waals surface area contributed by atoms with Crippen molar-refractivity contribution in [3.05, 3.63) is 48.6 Å². The Morgan fingerprint density at radius 3 is 1.24 bits per heavy atom. The quantitative estimate of drug-likeness (QED) is 0.0267. The number of unbranched alkanes of at least 4 members (excludes halogenated alkanes) is 22. The highest BCUT2D eigenvalue weighted by atomic mass is 16.6. The first-order valence-corrected chi connectivity index (χ1v) is 23.1. The van der Waals surface area contributed by atoms with Crippen LogP contribution in [-0.4, -0.2) is 37.2 Å². The Morgan fingerprint density at radius 1 is 0.382 bits per heavy atom. The van der Waals surface area contributed by atoms with Crippen LogP contribution in [0.4, 0.5) is 0 Å². The third-order valence-corrected chi connectivity index (χ3v) is 9.82. The molecule has 0 aromatic rings. The fraction of sp³-hybridized carbons (Fsp3) is 0.776. The van der Waals surface area contributed by atoms with Crippen molar-refractivity contribution in [3.8, 4) is 0 Å². The molecule has 0 saturated heterocycles. The van der Waals surface area contributed by atoms with E-state index in [1.807, 2.05) is 0 Å². The molecule has 0 aromatic heterocycles. The van der Waals surface area contributed by atoms with Crippen LogP contribution in [0.25, 0.3) is 0 Å². The summed E-state index contributed by atoms with van der Waals surface area (Å²) < 4.78 is 16.7. The predicted octanol–water partition coefficient (Wildman–Crippen LogP) is 14.8. The molecular formula is C49H86O6. The molecule has 55 heavy (non-hydrogen) atoms. The molecule has 0 saturated carbocycles. The van der Waals surface area contributed by atoms with Gasteiger partial charge in [-0.15, -0.1) is 0 Å². The zero-order valence-corrected chi connectivity index (χ0v) is 36.2. The van der Waals surface area contributed by atoms with E-state index in [4.69, 9.17) is 14.2 Å². The summed E-state index contributed by atoms with van der Waals surface area (Å²) in [4.78, 5) is 37.7. The third-order valence-electron chi connectivity index (χ3n) is 9.82. The lowest BCUT2D eigenvalue weighted by Crippen LogP contribution is -2.30. The van der Waals surface area contributed by atoms with Crippen LogP contribution in [0.5, 0.6) is 0 Å². The van der Waals surface area contributed by atoms with Crippen molar-refractivity contribution >= 4 is 17.9 Å². The van der Waals surface area contributed by atoms with Crippen LogP contribution in [0.1, 0.15) is 226 Å². The van der Waals surface area contributed by atoms with Crippen LogP contribution >= 0.6 is 0 Å². The lowest BCUT2D eigenvalue weighted by molar-refractivity contribution is -0.167. The molecule has 0 aliphatic heterocycles. The first-order chi connectivity index (χ1) is 27.0. The molecule has 0 heterocycles. The smallest absolute Gasteiger partial charge is 0.306 e. The molecule has 1 unspecified atom stereocenters. The van der Waals surface area contributed by atoms with Gasteiger partial charge >= 0.3 is 17.9 Å². The van der Waals surface area contributed by atoms with Gasteiger partial charge in [-0.1, -0.05) is 185 Å². The van der Waals surface area contributed by atoms with Gasteiger partial charge in [0, 0.05) is 19.3 Å². The molecule has 318 valence electrons. The van der Waals surface area contributed by atoms with E-state index in [0.717, 1.165) is 77.0 Å². The normalized spacial score (nSPS) is 12.4. The molecule has 0 aliphatic rings. The highest BCUT2D eigenvalue weighted by Crippen LogP contribution is 2.14. The largest absolute Gasteiger partial charge is 0.462 e. The molecule has 0 fully saturated rings. The van der Waals surface area contributed by atoms with Crippen molar-refractivity contribution in [2.45, 2.75) is 232 Å². The van der Waals surface area contributed by atoms with Gasteiger partial charge in [-0.2, -0.15) is 0 Å². The van der Waals surface area contributed by atoms with E-state index in [1.165, 1.54) is 103 Å². The van der Waals surface area contributed by atoms with Crippen LogP contribution in [0.15, 0.2) is 48.6 Å². The Morgan fingerprint density at radius 2 is 0.727 bits per heavy atom. The van der Waals surface area contributed by atoms with Crippen molar-refractivity contribution in [2.75, 3.05) is 13.2 Å². The topological polar surface area (TPSA) is 78.9 Å². The maximum Gasteiger partial charge on any atom is 0.306 e. The minimum atomic E-state index is -0.792. The summed E-state index contributed by atoms with van der Waals surface area (Å²) in [5, 5.41) is 0. The first kappa shape index (κ1) is 52.4. The molecule has 1 atom stereocenters. The van der Waals surface area contributed by atoms with Gasteiger partial charge in [0.15, 0.2) is 6.10 Å². The number of ether oxygens (including phenoxy) is 3. The summed E-state index contributed by atoms with van der Waals surface area (Å²) >= 11 is 0. The summed E-state index contributed by atoms with van der Waals surface area (Å²) in [5.41, 5.74) is 0. The van der Waals surface area contributed by atoms with Crippen molar-refractivity contribution in [1.29, 1.82) is 0 Å². The Bertz CT molecular complexity index is 980. The Balaban J connectivity index is 4.42. The molecular weight excluding hydrogens is 685 g/mol. The van der Waals surface area contributed by atoms with Crippen molar-refractivity contribution in [2.24, 2.45) is 0 Å². The minimum absolute atomic E-state index is 0.0904. The highest BCUT2D eigenvalue weighted by Gasteiger charge is 2.19. The molecule has 6 nitrogen and oxygen atoms in total. The van der Waals surface area contributed by atoms with E-state index in [1.54, 1.807) is 0 Å². The number of rotatable bonds is 41. The number of hydrogen-bond donors (Lipinski definition) is 0. The standard InChI is InChI=1S/C49H86O6/c1-4-7-10-13-16-19-22-24-25-28-30-33-36-39-42-48(51)54-45-46(44-53-47(50)41-38-35-32-29-26-21-18-15-12-9-6-3)55-49(52)43-40-37-34-31-27-23-20-17-14-11-8-5-2/h9,12,17-18,20-21,29,32,46H,4-8,10-11,13-16,19,22-28,30-31,33-45H2,1-3H3/b12-9-,20-17-,21-18-,32-29-. The van der Waals surface area contributed by atoms with Crippen LogP contribution in [-0.2, 0) is 28.6 Å². The fourth-order valence-electron chi connectivity index (χ4n) is 6.34. The SMILES string of the molecule is CC/C=C\C/C=C\C/C=C\CCCC(=O)OCC(COC(=O)CCCCCCCCCCCCCCCC)OC(=O)CCCCCCC/C=C\CCCCC. The number of allylic oxidation sites excluding steroid dienone is 8. The zero-order chi connectivity index (χ0) is 40.1. The van der Waals surface area contributed by atoms with Gasteiger partial charge in [-0.25, -0.2) is 0 Å². The van der Waals surface area contributed by atoms with E-state index in [9.17, 15) is 14.4 Å². The molecule has 0 bridgehead atoms. The Labute approximate surface area is 339 Å². The van der Waals surface area contributed by atoms with Gasteiger partial charge in [0.2, 0.25) is 0 Å². The second-order valence-corrected chi connectivity index (χ2v) is 15.3. The van der Waals surface area contributed by atoms with E-state index in [-0.39, 0.29) is 37.5 Å². The maximum atomic E-state index is 12.7. The van der Waals surface area contributed by atoms with E-state index in [0.29, 0.717) is 19.3 Å². The summed E-state index contributed by atoms with van der Waals surface area (Å²) in [6.07, 6.45) is 51.0. The second-order valence-electron chi connectivity index (χ2n) is 15.3. The number of esters is 3. The molecule has 0 aromatic carbocycles. The average molecular weight is 771 g/mol. The van der Waals surface area contributed by atoms with Gasteiger partial charge in [0.05, 0.1) is 0 Å². The van der Waals surface area contributed by atoms with Gasteiger partial charge in [-0.3, -0.25) is 14.4 Å². The first-order valence-electron chi connectivity index (χ1n) is 23.1. The van der Waals surface area contributed by atoms with Gasteiger partial charge in [0.25, 0.3) is 0 Å². The third kappa shape index (κ3) is 42.4.